The van der Waals surface area contributed by atoms with Gasteiger partial charge in [0.25, 0.3) is 5.56 Å². The maximum atomic E-state index is 12.8. The Morgan fingerprint density at radius 3 is 2.71 bits per heavy atom. The third-order valence-corrected chi connectivity index (χ3v) is 5.89. The van der Waals surface area contributed by atoms with E-state index in [-0.39, 0.29) is 5.56 Å². The van der Waals surface area contributed by atoms with Crippen molar-refractivity contribution in [3.05, 3.63) is 68.2 Å². The summed E-state index contributed by atoms with van der Waals surface area (Å²) < 4.78 is 5.63. The number of aryl methyl sites for hydroxylation is 3. The maximum Gasteiger partial charge on any atom is 0.339 e. The minimum absolute atomic E-state index is 0.213. The fourth-order valence-corrected chi connectivity index (χ4v) is 4.26. The van der Waals surface area contributed by atoms with Gasteiger partial charge in [0, 0.05) is 16.0 Å². The van der Waals surface area contributed by atoms with Gasteiger partial charge in [0.15, 0.2) is 11.9 Å². The minimum atomic E-state index is -0.695. The van der Waals surface area contributed by atoms with Crippen LogP contribution in [0.3, 0.4) is 0 Å². The van der Waals surface area contributed by atoms with Crippen LogP contribution in [0, 0.1) is 20.8 Å². The molecule has 0 amide bonds. The molecule has 0 spiro atoms. The van der Waals surface area contributed by atoms with Gasteiger partial charge in [-0.1, -0.05) is 18.2 Å². The number of rotatable bonds is 3. The summed E-state index contributed by atoms with van der Waals surface area (Å²) in [7, 11) is 0. The highest BCUT2D eigenvalue weighted by atomic mass is 32.1. The molecule has 1 atom stereocenters. The Balaban J connectivity index is 1.69. The summed E-state index contributed by atoms with van der Waals surface area (Å²) in [6.07, 6.45) is -0.695. The molecule has 0 fully saturated rings. The Labute approximate surface area is 165 Å². The smallest absolute Gasteiger partial charge is 0.339 e. The average Bonchev–Trinajstić information content (AvgIpc) is 2.95. The van der Waals surface area contributed by atoms with Gasteiger partial charge in [0.05, 0.1) is 16.5 Å². The zero-order valence-corrected chi connectivity index (χ0v) is 16.8. The summed E-state index contributed by atoms with van der Waals surface area (Å²) in [5.41, 5.74) is 2.63. The lowest BCUT2D eigenvalue weighted by atomic mass is 10.1. The van der Waals surface area contributed by atoms with E-state index in [9.17, 15) is 9.59 Å². The molecule has 6 nitrogen and oxygen atoms in total. The van der Waals surface area contributed by atoms with E-state index >= 15 is 0 Å². The summed E-state index contributed by atoms with van der Waals surface area (Å²) in [5, 5.41) is 1.33. The van der Waals surface area contributed by atoms with Gasteiger partial charge in [-0.3, -0.25) is 9.78 Å². The molecule has 7 heteroatoms. The molecule has 0 saturated carbocycles. The number of aromatic nitrogens is 3. The third kappa shape index (κ3) is 3.07. The largest absolute Gasteiger partial charge is 0.451 e. The molecule has 0 unspecified atom stereocenters. The number of fused-ring (bicyclic) bond motifs is 2. The number of nitrogens with zero attached hydrogens (tertiary/aromatic N) is 2. The molecule has 3 heterocycles. The van der Waals surface area contributed by atoms with Crippen molar-refractivity contribution >= 4 is 38.4 Å². The van der Waals surface area contributed by atoms with Gasteiger partial charge in [-0.2, -0.15) is 0 Å². The molecular formula is C21H19N3O3S. The topological polar surface area (TPSA) is 84.9 Å². The van der Waals surface area contributed by atoms with Crippen molar-refractivity contribution in [1.29, 1.82) is 0 Å². The summed E-state index contributed by atoms with van der Waals surface area (Å²) in [5.74, 6) is -0.141. The number of aromatic amines is 1. The second-order valence-corrected chi connectivity index (χ2v) is 7.99. The molecule has 0 saturated heterocycles. The van der Waals surface area contributed by atoms with Crippen molar-refractivity contribution in [2.24, 2.45) is 0 Å². The molecule has 142 valence electrons. The van der Waals surface area contributed by atoms with E-state index in [0.717, 1.165) is 27.0 Å². The first kappa shape index (κ1) is 18.3. The lowest BCUT2D eigenvalue weighted by molar-refractivity contribution is 0.0322. The van der Waals surface area contributed by atoms with Crippen LogP contribution in [0.5, 0.6) is 0 Å². The van der Waals surface area contributed by atoms with E-state index in [1.807, 2.05) is 45.0 Å². The van der Waals surface area contributed by atoms with E-state index in [1.165, 1.54) is 11.3 Å². The lowest BCUT2D eigenvalue weighted by Crippen LogP contribution is -2.17. The molecule has 3 aromatic heterocycles. The molecule has 4 rings (SSSR count). The standard InChI is InChI=1S/C21H19N3O3S/c1-10-9-15(14-7-5-6-8-16(14)22-10)21(26)27-12(3)18-23-19(25)17-11(2)13(4)28-20(17)24-18/h5-9,12H,1-4H3,(H,23,24,25)/t12-/m0/s1. The van der Waals surface area contributed by atoms with Gasteiger partial charge in [0.2, 0.25) is 0 Å². The Kier molecular flexibility index (Phi) is 4.47. The normalized spacial score (nSPS) is 12.4. The van der Waals surface area contributed by atoms with Crippen molar-refractivity contribution in [1.82, 2.24) is 15.0 Å². The Morgan fingerprint density at radius 2 is 1.93 bits per heavy atom. The number of esters is 1. The summed E-state index contributed by atoms with van der Waals surface area (Å²) in [4.78, 5) is 38.7. The Morgan fingerprint density at radius 1 is 1.18 bits per heavy atom. The zero-order valence-electron chi connectivity index (χ0n) is 16.0. The van der Waals surface area contributed by atoms with Crippen LogP contribution in [-0.2, 0) is 4.74 Å². The number of ether oxygens (including phenoxy) is 1. The number of hydrogen-bond donors (Lipinski definition) is 1. The number of benzene rings is 1. The van der Waals surface area contributed by atoms with Crippen LogP contribution < -0.4 is 5.56 Å². The molecule has 1 N–H and O–H groups in total. The molecule has 0 aliphatic rings. The van der Waals surface area contributed by atoms with Crippen LogP contribution in [0.1, 0.15) is 45.3 Å². The molecule has 0 radical (unpaired) electrons. The van der Waals surface area contributed by atoms with Crippen LogP contribution in [-0.4, -0.2) is 20.9 Å². The van der Waals surface area contributed by atoms with Crippen molar-refractivity contribution in [2.75, 3.05) is 0 Å². The van der Waals surface area contributed by atoms with Gasteiger partial charge < -0.3 is 9.72 Å². The number of carbonyl (C=O) groups excluding carboxylic acids is 1. The second-order valence-electron chi connectivity index (χ2n) is 6.79. The first-order valence-electron chi connectivity index (χ1n) is 8.92. The molecule has 4 aromatic rings. The van der Waals surface area contributed by atoms with Crippen molar-refractivity contribution in [3.63, 3.8) is 0 Å². The Bertz CT molecular complexity index is 1290. The molecule has 0 aliphatic heterocycles. The zero-order chi connectivity index (χ0) is 20.0. The monoisotopic (exact) mass is 393 g/mol. The molecule has 0 bridgehead atoms. The molecule has 28 heavy (non-hydrogen) atoms. The number of H-pyrrole nitrogens is 1. The summed E-state index contributed by atoms with van der Waals surface area (Å²) >= 11 is 1.46. The van der Waals surface area contributed by atoms with E-state index in [1.54, 1.807) is 13.0 Å². The third-order valence-electron chi connectivity index (χ3n) is 4.79. The number of carbonyl (C=O) groups is 1. The SMILES string of the molecule is Cc1cc(C(=O)O[C@@H](C)c2nc3sc(C)c(C)c3c(=O)[nH]2)c2ccccc2n1. The number of thiophene rings is 1. The van der Waals surface area contributed by atoms with Crippen molar-refractivity contribution < 1.29 is 9.53 Å². The number of para-hydroxylation sites is 1. The predicted molar refractivity (Wildman–Crippen MR) is 110 cm³/mol. The van der Waals surface area contributed by atoms with Gasteiger partial charge in [-0.15, -0.1) is 11.3 Å². The summed E-state index contributed by atoms with van der Waals surface area (Å²) in [6.45, 7) is 7.40. The number of pyridine rings is 1. The van der Waals surface area contributed by atoms with Gasteiger partial charge in [0.1, 0.15) is 4.83 Å². The van der Waals surface area contributed by atoms with Crippen molar-refractivity contribution in [2.45, 2.75) is 33.8 Å². The second kappa shape index (κ2) is 6.83. The maximum absolute atomic E-state index is 12.8. The molecular weight excluding hydrogens is 374 g/mol. The molecule has 0 aliphatic carbocycles. The average molecular weight is 393 g/mol. The van der Waals surface area contributed by atoms with Crippen LogP contribution in [0.15, 0.2) is 35.1 Å². The fraction of sp³-hybridized carbons (Fsp3) is 0.238. The van der Waals surface area contributed by atoms with E-state index in [2.05, 4.69) is 15.0 Å². The fourth-order valence-electron chi connectivity index (χ4n) is 3.22. The first-order valence-corrected chi connectivity index (χ1v) is 9.74. The predicted octanol–water partition coefficient (Wildman–Crippen LogP) is 4.38. The quantitative estimate of drug-likeness (QED) is 0.522. The lowest BCUT2D eigenvalue weighted by Gasteiger charge is -2.14. The van der Waals surface area contributed by atoms with Gasteiger partial charge in [-0.25, -0.2) is 9.78 Å². The van der Waals surface area contributed by atoms with Gasteiger partial charge >= 0.3 is 5.97 Å². The summed E-state index contributed by atoms with van der Waals surface area (Å²) in [6, 6.07) is 9.14. The first-order chi connectivity index (χ1) is 13.3. The van der Waals surface area contributed by atoms with E-state index in [4.69, 9.17) is 4.74 Å². The highest BCUT2D eigenvalue weighted by molar-refractivity contribution is 7.18. The number of hydrogen-bond acceptors (Lipinski definition) is 6. The van der Waals surface area contributed by atoms with Crippen LogP contribution in [0.2, 0.25) is 0 Å². The van der Waals surface area contributed by atoms with Crippen molar-refractivity contribution in [3.8, 4) is 0 Å². The highest BCUT2D eigenvalue weighted by Gasteiger charge is 2.20. The van der Waals surface area contributed by atoms with Crippen LogP contribution >= 0.6 is 11.3 Å². The van der Waals surface area contributed by atoms with Gasteiger partial charge in [-0.05, 0) is 45.4 Å². The highest BCUT2D eigenvalue weighted by Crippen LogP contribution is 2.27. The minimum Gasteiger partial charge on any atom is -0.451 e. The Hall–Kier alpha value is -3.06. The van der Waals surface area contributed by atoms with Crippen LogP contribution in [0.4, 0.5) is 0 Å². The number of nitrogens with one attached hydrogen (secondary N) is 1. The van der Waals surface area contributed by atoms with E-state index in [0.29, 0.717) is 21.6 Å². The van der Waals surface area contributed by atoms with Crippen LogP contribution in [0.25, 0.3) is 21.1 Å². The van der Waals surface area contributed by atoms with E-state index < -0.39 is 12.1 Å². The molecule has 1 aromatic carbocycles.